The van der Waals surface area contributed by atoms with E-state index in [-0.39, 0.29) is 5.69 Å². The van der Waals surface area contributed by atoms with Gasteiger partial charge in [-0.05, 0) is 31.0 Å². The van der Waals surface area contributed by atoms with Crippen LogP contribution in [0.3, 0.4) is 0 Å². The highest BCUT2D eigenvalue weighted by Crippen LogP contribution is 2.36. The molecule has 0 spiro atoms. The molecule has 1 aromatic carbocycles. The number of carboxylic acid groups (broad SMARTS) is 1. The summed E-state index contributed by atoms with van der Waals surface area (Å²) in [4.78, 5) is 10.6. The van der Waals surface area contributed by atoms with E-state index in [1.54, 1.807) is 6.92 Å². The number of nitrogens with one attached hydrogen (secondary N) is 1. The van der Waals surface area contributed by atoms with Crippen LogP contribution in [-0.2, 0) is 11.0 Å². The molecule has 0 heterocycles. The summed E-state index contributed by atoms with van der Waals surface area (Å²) in [6, 6.07) is 3.90. The van der Waals surface area contributed by atoms with E-state index in [2.05, 4.69) is 21.2 Å². The fourth-order valence-corrected chi connectivity index (χ4v) is 2.02. The maximum atomic E-state index is 12.8. The van der Waals surface area contributed by atoms with Gasteiger partial charge in [0.1, 0.15) is 0 Å². The lowest BCUT2D eigenvalue weighted by molar-refractivity contribution is -0.141. The van der Waals surface area contributed by atoms with Crippen molar-refractivity contribution < 1.29 is 23.1 Å². The second kappa shape index (κ2) is 6.97. The minimum atomic E-state index is -4.43. The fourth-order valence-electron chi connectivity index (χ4n) is 1.66. The monoisotopic (exact) mass is 353 g/mol. The van der Waals surface area contributed by atoms with Crippen molar-refractivity contribution in [3.63, 3.8) is 0 Å². The number of anilines is 1. The molecule has 7 heteroatoms. The molecule has 0 aliphatic rings. The predicted octanol–water partition coefficient (Wildman–Crippen LogP) is 4.38. The number of alkyl halides is 3. The molecule has 0 fully saturated rings. The average Bonchev–Trinajstić information content (AvgIpc) is 2.34. The van der Waals surface area contributed by atoms with E-state index in [4.69, 9.17) is 5.11 Å². The quantitative estimate of drug-likeness (QED) is 0.746. The number of carbonyl (C=O) groups is 1. The number of rotatable bonds is 6. The molecule has 0 aromatic heterocycles. The first kappa shape index (κ1) is 16.8. The van der Waals surface area contributed by atoms with Gasteiger partial charge in [-0.3, -0.25) is 4.79 Å². The Bertz CT molecular complexity index is 477. The van der Waals surface area contributed by atoms with Crippen LogP contribution in [0.25, 0.3) is 0 Å². The van der Waals surface area contributed by atoms with Crippen molar-refractivity contribution in [2.75, 3.05) is 11.9 Å². The molecule has 1 rings (SSSR count). The third-order valence-corrected chi connectivity index (χ3v) is 3.33. The topological polar surface area (TPSA) is 49.3 Å². The van der Waals surface area contributed by atoms with Crippen LogP contribution in [0.15, 0.2) is 22.7 Å². The van der Waals surface area contributed by atoms with Crippen LogP contribution in [0.2, 0.25) is 0 Å². The van der Waals surface area contributed by atoms with E-state index in [1.165, 1.54) is 12.1 Å². The minimum Gasteiger partial charge on any atom is -0.481 e. The molecule has 0 bridgehead atoms. The summed E-state index contributed by atoms with van der Waals surface area (Å²) in [7, 11) is 0. The first-order chi connectivity index (χ1) is 9.21. The van der Waals surface area contributed by atoms with E-state index in [0.29, 0.717) is 23.9 Å². The standard InChI is InChI=1S/C13H15BrF3NO2/c1-8(12(19)20)3-2-6-18-11-5-4-9(14)7-10(11)13(15,16)17/h4-5,7-8,18H,2-3,6H2,1H3,(H,19,20). The SMILES string of the molecule is CC(CCCNc1ccc(Br)cc1C(F)(F)F)C(=O)O. The van der Waals surface area contributed by atoms with E-state index >= 15 is 0 Å². The summed E-state index contributed by atoms with van der Waals surface area (Å²) in [5, 5.41) is 11.4. The van der Waals surface area contributed by atoms with Gasteiger partial charge in [-0.1, -0.05) is 22.9 Å². The van der Waals surface area contributed by atoms with Gasteiger partial charge in [0.25, 0.3) is 0 Å². The Hall–Kier alpha value is -1.24. The van der Waals surface area contributed by atoms with Gasteiger partial charge in [0, 0.05) is 16.7 Å². The molecule has 1 atom stereocenters. The smallest absolute Gasteiger partial charge is 0.418 e. The lowest BCUT2D eigenvalue weighted by Crippen LogP contribution is -2.14. The maximum Gasteiger partial charge on any atom is 0.418 e. The first-order valence-electron chi connectivity index (χ1n) is 6.05. The van der Waals surface area contributed by atoms with Crippen molar-refractivity contribution in [3.05, 3.63) is 28.2 Å². The molecule has 0 aliphatic heterocycles. The van der Waals surface area contributed by atoms with E-state index in [1.807, 2.05) is 0 Å². The molecule has 0 amide bonds. The van der Waals surface area contributed by atoms with Crippen LogP contribution in [-0.4, -0.2) is 17.6 Å². The highest BCUT2D eigenvalue weighted by Gasteiger charge is 2.33. The molecule has 20 heavy (non-hydrogen) atoms. The normalized spacial score (nSPS) is 13.1. The highest BCUT2D eigenvalue weighted by molar-refractivity contribution is 9.10. The van der Waals surface area contributed by atoms with Crippen molar-refractivity contribution >= 4 is 27.6 Å². The van der Waals surface area contributed by atoms with Gasteiger partial charge in [0.2, 0.25) is 0 Å². The van der Waals surface area contributed by atoms with Crippen LogP contribution < -0.4 is 5.32 Å². The summed E-state index contributed by atoms with van der Waals surface area (Å²) in [5.74, 6) is -1.39. The zero-order valence-corrected chi connectivity index (χ0v) is 12.4. The number of halogens is 4. The van der Waals surface area contributed by atoms with Crippen molar-refractivity contribution in [2.24, 2.45) is 5.92 Å². The lowest BCUT2D eigenvalue weighted by atomic mass is 10.1. The molecule has 3 nitrogen and oxygen atoms in total. The number of aliphatic carboxylic acids is 1. The Morgan fingerprint density at radius 3 is 2.65 bits per heavy atom. The highest BCUT2D eigenvalue weighted by atomic mass is 79.9. The van der Waals surface area contributed by atoms with Gasteiger partial charge < -0.3 is 10.4 Å². The molecule has 1 unspecified atom stereocenters. The van der Waals surface area contributed by atoms with E-state index in [9.17, 15) is 18.0 Å². The summed E-state index contributed by atoms with van der Waals surface area (Å²) < 4.78 is 38.9. The molecule has 112 valence electrons. The van der Waals surface area contributed by atoms with Crippen LogP contribution in [0.1, 0.15) is 25.3 Å². The third kappa shape index (κ3) is 5.03. The largest absolute Gasteiger partial charge is 0.481 e. The Morgan fingerprint density at radius 1 is 1.45 bits per heavy atom. The first-order valence-corrected chi connectivity index (χ1v) is 6.84. The molecule has 0 aliphatic carbocycles. The molecule has 0 saturated heterocycles. The van der Waals surface area contributed by atoms with Crippen LogP contribution in [0.4, 0.5) is 18.9 Å². The van der Waals surface area contributed by atoms with Crippen molar-refractivity contribution in [1.82, 2.24) is 0 Å². The Labute approximate surface area is 123 Å². The van der Waals surface area contributed by atoms with Gasteiger partial charge >= 0.3 is 12.1 Å². The Morgan fingerprint density at radius 2 is 2.10 bits per heavy atom. The number of benzene rings is 1. The predicted molar refractivity (Wildman–Crippen MR) is 73.7 cm³/mol. The van der Waals surface area contributed by atoms with Gasteiger partial charge in [-0.25, -0.2) is 0 Å². The van der Waals surface area contributed by atoms with Crippen LogP contribution in [0, 0.1) is 5.92 Å². The van der Waals surface area contributed by atoms with Gasteiger partial charge in [0.15, 0.2) is 0 Å². The molecular weight excluding hydrogens is 339 g/mol. The van der Waals surface area contributed by atoms with Gasteiger partial charge in [-0.15, -0.1) is 0 Å². The Balaban J connectivity index is 2.62. The summed E-state index contributed by atoms with van der Waals surface area (Å²) in [6.07, 6.45) is -3.53. The lowest BCUT2D eigenvalue weighted by Gasteiger charge is -2.15. The molecule has 0 radical (unpaired) electrons. The number of carboxylic acids is 1. The molecular formula is C13H15BrF3NO2. The number of hydrogen-bond donors (Lipinski definition) is 2. The summed E-state index contributed by atoms with van der Waals surface area (Å²) >= 11 is 3.01. The van der Waals surface area contributed by atoms with E-state index < -0.39 is 23.6 Å². The average molecular weight is 354 g/mol. The zero-order valence-electron chi connectivity index (χ0n) is 10.8. The Kier molecular flexibility index (Phi) is 5.86. The molecule has 0 saturated carbocycles. The van der Waals surface area contributed by atoms with Crippen molar-refractivity contribution in [3.8, 4) is 0 Å². The summed E-state index contributed by atoms with van der Waals surface area (Å²) in [5.41, 5.74) is -0.734. The van der Waals surface area contributed by atoms with Gasteiger partial charge in [0.05, 0.1) is 11.5 Å². The summed E-state index contributed by atoms with van der Waals surface area (Å²) in [6.45, 7) is 1.87. The minimum absolute atomic E-state index is 0.00341. The van der Waals surface area contributed by atoms with E-state index in [0.717, 1.165) is 6.07 Å². The zero-order chi connectivity index (χ0) is 15.3. The van der Waals surface area contributed by atoms with Gasteiger partial charge in [-0.2, -0.15) is 13.2 Å². The van der Waals surface area contributed by atoms with Crippen LogP contribution in [0.5, 0.6) is 0 Å². The maximum absolute atomic E-state index is 12.8. The second-order valence-electron chi connectivity index (χ2n) is 4.50. The third-order valence-electron chi connectivity index (χ3n) is 2.84. The second-order valence-corrected chi connectivity index (χ2v) is 5.41. The van der Waals surface area contributed by atoms with Crippen molar-refractivity contribution in [2.45, 2.75) is 25.9 Å². The number of hydrogen-bond acceptors (Lipinski definition) is 2. The molecule has 1 aromatic rings. The van der Waals surface area contributed by atoms with Crippen LogP contribution >= 0.6 is 15.9 Å². The fraction of sp³-hybridized carbons (Fsp3) is 0.462. The molecule has 2 N–H and O–H groups in total. The van der Waals surface area contributed by atoms with Crippen molar-refractivity contribution in [1.29, 1.82) is 0 Å².